The first kappa shape index (κ1) is 19.0. The molecule has 3 aromatic heterocycles. The molecule has 1 aliphatic rings. The normalized spacial score (nSPS) is 16.0. The number of methoxy groups -OCH3 is 1. The van der Waals surface area contributed by atoms with E-state index in [1.54, 1.807) is 19.5 Å². The Balaban J connectivity index is 1.70. The molecule has 31 heavy (non-hydrogen) atoms. The third kappa shape index (κ3) is 3.46. The van der Waals surface area contributed by atoms with E-state index in [0.29, 0.717) is 17.3 Å². The van der Waals surface area contributed by atoms with Crippen molar-refractivity contribution >= 4 is 22.8 Å². The number of aromatic nitrogens is 4. The average Bonchev–Trinajstić information content (AvgIpc) is 3.46. The van der Waals surface area contributed by atoms with Crippen LogP contribution in [0.4, 0.5) is 5.82 Å². The van der Waals surface area contributed by atoms with E-state index in [2.05, 4.69) is 9.97 Å². The summed E-state index contributed by atoms with van der Waals surface area (Å²) in [5.74, 6) is 1.72. The Morgan fingerprint density at radius 1 is 1.16 bits per heavy atom. The van der Waals surface area contributed by atoms with E-state index in [4.69, 9.17) is 20.4 Å². The van der Waals surface area contributed by atoms with Gasteiger partial charge in [-0.05, 0) is 43.2 Å². The lowest BCUT2D eigenvalue weighted by Crippen LogP contribution is -2.40. The Morgan fingerprint density at radius 3 is 2.77 bits per heavy atom. The van der Waals surface area contributed by atoms with Gasteiger partial charge in [-0.3, -0.25) is 9.78 Å². The molecule has 1 atom stereocenters. The summed E-state index contributed by atoms with van der Waals surface area (Å²) in [6.07, 6.45) is 5.03. The predicted octanol–water partition coefficient (Wildman–Crippen LogP) is 3.15. The third-order valence-corrected chi connectivity index (χ3v) is 5.64. The zero-order valence-electron chi connectivity index (χ0n) is 17.1. The molecule has 156 valence electrons. The number of fused-ring (bicyclic) bond motifs is 1. The zero-order chi connectivity index (χ0) is 21.4. The molecule has 1 unspecified atom stereocenters. The van der Waals surface area contributed by atoms with Gasteiger partial charge in [0.05, 0.1) is 12.5 Å². The van der Waals surface area contributed by atoms with Gasteiger partial charge in [0.15, 0.2) is 5.82 Å². The van der Waals surface area contributed by atoms with Crippen molar-refractivity contribution in [2.24, 2.45) is 5.73 Å². The summed E-state index contributed by atoms with van der Waals surface area (Å²) < 4.78 is 5.37. The van der Waals surface area contributed by atoms with Crippen molar-refractivity contribution in [1.29, 1.82) is 0 Å². The van der Waals surface area contributed by atoms with Crippen molar-refractivity contribution in [1.82, 2.24) is 19.9 Å². The van der Waals surface area contributed by atoms with Crippen LogP contribution in [0.3, 0.4) is 0 Å². The molecular weight excluding hydrogens is 392 g/mol. The fourth-order valence-corrected chi connectivity index (χ4v) is 4.10. The van der Waals surface area contributed by atoms with Gasteiger partial charge in [-0.1, -0.05) is 12.1 Å². The molecule has 1 saturated heterocycles. The van der Waals surface area contributed by atoms with Gasteiger partial charge in [-0.15, -0.1) is 0 Å². The molecule has 5 rings (SSSR count). The fourth-order valence-electron chi connectivity index (χ4n) is 4.10. The molecule has 0 aliphatic carbocycles. The second-order valence-electron chi connectivity index (χ2n) is 7.54. The number of nitrogens with two attached hydrogens (primary N) is 1. The molecule has 4 heterocycles. The Labute approximate surface area is 179 Å². The molecule has 1 amide bonds. The van der Waals surface area contributed by atoms with Crippen LogP contribution in [0, 0.1) is 0 Å². The number of hydrogen-bond donors (Lipinski definition) is 2. The van der Waals surface area contributed by atoms with Crippen molar-refractivity contribution in [3.63, 3.8) is 0 Å². The number of carbonyl (C=O) groups is 1. The van der Waals surface area contributed by atoms with E-state index in [0.717, 1.165) is 47.3 Å². The molecule has 0 spiro atoms. The Kier molecular flexibility index (Phi) is 4.74. The maximum atomic E-state index is 12.1. The summed E-state index contributed by atoms with van der Waals surface area (Å²) >= 11 is 0. The Morgan fingerprint density at radius 2 is 2.00 bits per heavy atom. The number of benzene rings is 1. The maximum absolute atomic E-state index is 12.1. The Hall–Kier alpha value is -3.94. The molecule has 4 aromatic rings. The van der Waals surface area contributed by atoms with Crippen molar-refractivity contribution < 1.29 is 9.53 Å². The molecular formula is C23H22N6O2. The number of ether oxygens (including phenoxy) is 1. The molecule has 8 nitrogen and oxygen atoms in total. The number of amides is 1. The van der Waals surface area contributed by atoms with Crippen molar-refractivity contribution in [3.05, 3.63) is 54.9 Å². The van der Waals surface area contributed by atoms with Crippen LogP contribution >= 0.6 is 0 Å². The van der Waals surface area contributed by atoms with Gasteiger partial charge in [0.2, 0.25) is 5.91 Å². The highest BCUT2D eigenvalue weighted by Crippen LogP contribution is 2.35. The smallest absolute Gasteiger partial charge is 0.240 e. The summed E-state index contributed by atoms with van der Waals surface area (Å²) in [5.41, 5.74) is 9.11. The van der Waals surface area contributed by atoms with Crippen LogP contribution in [0.5, 0.6) is 5.75 Å². The summed E-state index contributed by atoms with van der Waals surface area (Å²) in [6.45, 7) is 0.717. The van der Waals surface area contributed by atoms with E-state index < -0.39 is 0 Å². The Bertz CT molecular complexity index is 1250. The first-order valence-electron chi connectivity index (χ1n) is 10.2. The summed E-state index contributed by atoms with van der Waals surface area (Å²) in [7, 11) is 1.65. The van der Waals surface area contributed by atoms with Gasteiger partial charge in [-0.25, -0.2) is 9.97 Å². The maximum Gasteiger partial charge on any atom is 0.240 e. The molecule has 1 fully saturated rings. The second-order valence-corrected chi connectivity index (χ2v) is 7.54. The SMILES string of the molecule is COc1cccc(-c2cc3c(N4CCCC4C(N)=O)nc(-c4ccncc4)nc3[nH]2)c1. The number of carbonyl (C=O) groups excluding carboxylic acids is 1. The minimum absolute atomic E-state index is 0.335. The summed E-state index contributed by atoms with van der Waals surface area (Å²) in [5, 5.41) is 0.851. The summed E-state index contributed by atoms with van der Waals surface area (Å²) in [6, 6.07) is 13.2. The van der Waals surface area contributed by atoms with E-state index in [1.165, 1.54) is 0 Å². The number of aromatic amines is 1. The van der Waals surface area contributed by atoms with Crippen LogP contribution in [-0.4, -0.2) is 45.5 Å². The first-order chi connectivity index (χ1) is 15.1. The minimum atomic E-state index is -0.376. The van der Waals surface area contributed by atoms with Gasteiger partial charge < -0.3 is 20.4 Å². The standard InChI is InChI=1S/C23H22N6O2/c1-31-16-5-2-4-15(12-16)18-13-17-22(26-18)27-21(14-7-9-25-10-8-14)28-23(17)29-11-3-6-19(29)20(24)30/h2,4-5,7-10,12-13,19H,3,6,11H2,1H3,(H2,24,30)(H,26,27,28). The number of H-pyrrole nitrogens is 1. The molecule has 1 aromatic carbocycles. The number of primary amides is 1. The number of pyridine rings is 1. The van der Waals surface area contributed by atoms with Crippen LogP contribution in [0.2, 0.25) is 0 Å². The molecule has 3 N–H and O–H groups in total. The van der Waals surface area contributed by atoms with E-state index in [-0.39, 0.29) is 11.9 Å². The molecule has 0 saturated carbocycles. The van der Waals surface area contributed by atoms with Gasteiger partial charge in [0.25, 0.3) is 0 Å². The van der Waals surface area contributed by atoms with Gasteiger partial charge >= 0.3 is 0 Å². The monoisotopic (exact) mass is 414 g/mol. The van der Waals surface area contributed by atoms with Crippen LogP contribution < -0.4 is 15.4 Å². The molecule has 1 aliphatic heterocycles. The van der Waals surface area contributed by atoms with Crippen LogP contribution in [0.25, 0.3) is 33.7 Å². The summed E-state index contributed by atoms with van der Waals surface area (Å²) in [4.78, 5) is 31.2. The van der Waals surface area contributed by atoms with Crippen molar-refractivity contribution in [2.75, 3.05) is 18.6 Å². The van der Waals surface area contributed by atoms with Gasteiger partial charge in [0, 0.05) is 35.8 Å². The highest BCUT2D eigenvalue weighted by Gasteiger charge is 2.32. The molecule has 0 bridgehead atoms. The number of anilines is 1. The average molecular weight is 414 g/mol. The van der Waals surface area contributed by atoms with Crippen LogP contribution in [-0.2, 0) is 4.79 Å². The second kappa shape index (κ2) is 7.71. The lowest BCUT2D eigenvalue weighted by Gasteiger charge is -2.24. The van der Waals surface area contributed by atoms with E-state index in [9.17, 15) is 4.79 Å². The highest BCUT2D eigenvalue weighted by molar-refractivity contribution is 5.95. The number of hydrogen-bond acceptors (Lipinski definition) is 6. The van der Waals surface area contributed by atoms with E-state index in [1.807, 2.05) is 47.4 Å². The molecule has 0 radical (unpaired) electrons. The lowest BCUT2D eigenvalue weighted by molar-refractivity contribution is -0.119. The van der Waals surface area contributed by atoms with Crippen molar-refractivity contribution in [3.8, 4) is 28.4 Å². The molecule has 8 heteroatoms. The number of nitrogens with one attached hydrogen (secondary N) is 1. The van der Waals surface area contributed by atoms with Crippen LogP contribution in [0.15, 0.2) is 54.9 Å². The highest BCUT2D eigenvalue weighted by atomic mass is 16.5. The largest absolute Gasteiger partial charge is 0.497 e. The van der Waals surface area contributed by atoms with Crippen molar-refractivity contribution in [2.45, 2.75) is 18.9 Å². The zero-order valence-corrected chi connectivity index (χ0v) is 17.1. The topological polar surface area (TPSA) is 110 Å². The number of nitrogens with zero attached hydrogens (tertiary/aromatic N) is 4. The fraction of sp³-hybridized carbons (Fsp3) is 0.217. The quantitative estimate of drug-likeness (QED) is 0.519. The third-order valence-electron chi connectivity index (χ3n) is 5.64. The van der Waals surface area contributed by atoms with Gasteiger partial charge in [-0.2, -0.15) is 0 Å². The number of rotatable bonds is 5. The minimum Gasteiger partial charge on any atom is -0.497 e. The first-order valence-corrected chi connectivity index (χ1v) is 10.2. The van der Waals surface area contributed by atoms with E-state index >= 15 is 0 Å². The van der Waals surface area contributed by atoms with Crippen LogP contribution in [0.1, 0.15) is 12.8 Å². The van der Waals surface area contributed by atoms with Gasteiger partial charge in [0.1, 0.15) is 23.3 Å². The predicted molar refractivity (Wildman–Crippen MR) is 119 cm³/mol. The lowest BCUT2D eigenvalue weighted by atomic mass is 10.1.